The molecular weight excluding hydrogens is 629 g/mol. The number of hydrogen-bond donors (Lipinski definition) is 1. The van der Waals surface area contributed by atoms with Crippen LogP contribution in [0.1, 0.15) is 96.9 Å². The van der Waals surface area contributed by atoms with E-state index in [1.807, 2.05) is 56.3 Å². The first-order valence-electron chi connectivity index (χ1n) is 18.5. The Morgan fingerprint density at radius 2 is 1.82 bits per heavy atom. The number of aryl methyl sites for hydroxylation is 1. The van der Waals surface area contributed by atoms with Gasteiger partial charge in [-0.3, -0.25) is 4.79 Å². The van der Waals surface area contributed by atoms with Gasteiger partial charge in [-0.05, 0) is 127 Å². The van der Waals surface area contributed by atoms with Crippen molar-refractivity contribution in [1.82, 2.24) is 10.3 Å². The van der Waals surface area contributed by atoms with Gasteiger partial charge in [0.1, 0.15) is 6.54 Å². The molecule has 2 atom stereocenters. The number of nitrogens with one attached hydrogen (secondary N) is 1. The Labute approximate surface area is 306 Å². The second kappa shape index (κ2) is 14.8. The number of rotatable bonds is 10. The lowest BCUT2D eigenvalue weighted by Crippen LogP contribution is -2.51. The van der Waals surface area contributed by atoms with E-state index in [1.165, 1.54) is 44.6 Å². The number of nitrogens with zero attached hydrogens (tertiary/aromatic N) is 3. The van der Waals surface area contributed by atoms with Crippen molar-refractivity contribution in [2.75, 3.05) is 20.1 Å². The molecule has 6 heteroatoms. The zero-order valence-corrected chi connectivity index (χ0v) is 32.7. The largest absolute Gasteiger partial charge is 0.632 e. The fourth-order valence-electron chi connectivity index (χ4n) is 7.12. The van der Waals surface area contributed by atoms with Crippen LogP contribution >= 0.6 is 0 Å². The normalized spacial score (nSPS) is 20.7. The lowest BCUT2D eigenvalue weighted by atomic mass is 9.80. The van der Waals surface area contributed by atoms with Crippen LogP contribution in [0, 0.1) is 23.5 Å². The van der Waals surface area contributed by atoms with Crippen LogP contribution < -0.4 is 5.43 Å². The molecule has 270 valence electrons. The van der Waals surface area contributed by atoms with E-state index in [9.17, 15) is 10.0 Å². The lowest BCUT2D eigenvalue weighted by Gasteiger charge is -2.49. The average molecular weight is 687 g/mol. The number of fused-ring (bicyclic) bond motifs is 2. The zero-order valence-electron chi connectivity index (χ0n) is 32.7. The van der Waals surface area contributed by atoms with Crippen LogP contribution in [0.15, 0.2) is 106 Å². The molecule has 0 aromatic carbocycles. The third-order valence-electron chi connectivity index (χ3n) is 10.9. The summed E-state index contributed by atoms with van der Waals surface area (Å²) < 4.78 is -0.359. The van der Waals surface area contributed by atoms with Crippen molar-refractivity contribution in [2.24, 2.45) is 16.4 Å². The molecule has 0 aromatic heterocycles. The number of quaternary nitrogens is 1. The fourth-order valence-corrected chi connectivity index (χ4v) is 7.12. The predicted molar refractivity (Wildman–Crippen MR) is 215 cm³/mol. The molecule has 4 aliphatic carbocycles. The maximum Gasteiger partial charge on any atom is 0.259 e. The number of carbonyl (C=O) groups is 1. The van der Waals surface area contributed by atoms with Gasteiger partial charge in [0, 0.05) is 23.7 Å². The van der Waals surface area contributed by atoms with Crippen molar-refractivity contribution < 1.29 is 9.44 Å². The molecule has 0 aromatic rings. The third-order valence-corrected chi connectivity index (χ3v) is 10.9. The average Bonchev–Trinajstić information content (AvgIpc) is 3.34. The minimum atomic E-state index is -0.453. The Kier molecular flexibility index (Phi) is 11.0. The van der Waals surface area contributed by atoms with Crippen LogP contribution in [0.4, 0.5) is 0 Å². The van der Waals surface area contributed by atoms with E-state index in [4.69, 9.17) is 0 Å². The van der Waals surface area contributed by atoms with E-state index in [0.717, 1.165) is 23.1 Å². The monoisotopic (exact) mass is 686 g/mol. The van der Waals surface area contributed by atoms with Crippen LogP contribution in [-0.4, -0.2) is 47.3 Å². The van der Waals surface area contributed by atoms with Crippen LogP contribution in [-0.2, 0) is 11.3 Å². The molecule has 0 radical (unpaired) electrons. The Morgan fingerprint density at radius 3 is 2.47 bits per heavy atom. The smallest absolute Gasteiger partial charge is 0.259 e. The minimum absolute atomic E-state index is 0.142. The first-order chi connectivity index (χ1) is 23.9. The SMILES string of the molecule is CC1=CC=C(C(C)C)C=C2C1=C(/C=C/c1cc(C[N+](C)([O-])C(C)(C)C)c3cc(C(C)C)ccc(C)c1-3)CC2(C)/C=N/NC(=O)CN1C=CC=CC1. The van der Waals surface area contributed by atoms with E-state index in [2.05, 4.69) is 114 Å². The topological polar surface area (TPSA) is 67.8 Å². The highest BCUT2D eigenvalue weighted by atomic mass is 16.5. The van der Waals surface area contributed by atoms with Crippen LogP contribution in [0.2, 0.25) is 0 Å². The molecule has 0 spiro atoms. The Hall–Kier alpha value is -4.26. The zero-order chi connectivity index (χ0) is 37.3. The second-order valence-corrected chi connectivity index (χ2v) is 16.7. The quantitative estimate of drug-likeness (QED) is 0.154. The maximum atomic E-state index is 13.9. The van der Waals surface area contributed by atoms with Gasteiger partial charge in [-0.25, -0.2) is 5.43 Å². The minimum Gasteiger partial charge on any atom is -0.632 e. The summed E-state index contributed by atoms with van der Waals surface area (Å²) >= 11 is 0. The van der Waals surface area contributed by atoms with E-state index in [0.29, 0.717) is 24.9 Å². The van der Waals surface area contributed by atoms with Crippen LogP contribution in [0.3, 0.4) is 0 Å². The van der Waals surface area contributed by atoms with Gasteiger partial charge in [-0.2, -0.15) is 5.10 Å². The van der Waals surface area contributed by atoms with Crippen molar-refractivity contribution in [3.05, 3.63) is 128 Å². The number of allylic oxidation sites excluding steroid dienone is 11. The second-order valence-electron chi connectivity index (χ2n) is 16.7. The number of hydrogen-bond acceptors (Lipinski definition) is 4. The third kappa shape index (κ3) is 8.29. The molecule has 0 fully saturated rings. The molecule has 6 nitrogen and oxygen atoms in total. The number of hydroxylamine groups is 3. The molecular formula is C45H58N4O2. The standard InChI is InChI=1S/C45H58N4O2/c1-30(2)34-17-15-32(5)42-36(23-38(39(42)24-34)28-49(11,51)44(7,8)9)19-20-37-26-45(10,29-46-47-41(50)27-48-21-13-12-14-22-48)40-25-35(31(3)4)18-16-33(6)43(37)40/h12-21,23-25,29-31H,22,26-28H2,1-11H3,(H,47,50)/b20-19+,46-29+. The molecule has 1 N–H and O–H groups in total. The summed E-state index contributed by atoms with van der Waals surface area (Å²) in [5.41, 5.74) is 15.1. The van der Waals surface area contributed by atoms with Gasteiger partial charge in [0.15, 0.2) is 0 Å². The molecule has 1 heterocycles. The first-order valence-corrected chi connectivity index (χ1v) is 18.5. The fraction of sp³-hybridized carbons (Fsp3) is 0.422. The van der Waals surface area contributed by atoms with Gasteiger partial charge in [0.05, 0.1) is 19.1 Å². The molecule has 2 unspecified atom stereocenters. The Morgan fingerprint density at radius 1 is 1.08 bits per heavy atom. The van der Waals surface area contributed by atoms with Gasteiger partial charge >= 0.3 is 0 Å². The molecule has 5 rings (SSSR count). The highest BCUT2D eigenvalue weighted by Gasteiger charge is 2.39. The van der Waals surface area contributed by atoms with Crippen molar-refractivity contribution in [1.29, 1.82) is 0 Å². The van der Waals surface area contributed by atoms with Crippen molar-refractivity contribution in [2.45, 2.75) is 93.7 Å². The number of carbonyl (C=O) groups excluding carboxylic acids is 1. The molecule has 51 heavy (non-hydrogen) atoms. The predicted octanol–water partition coefficient (Wildman–Crippen LogP) is 10.1. The molecule has 0 bridgehead atoms. The first kappa shape index (κ1) is 38.0. The number of amides is 1. The van der Waals surface area contributed by atoms with E-state index in [1.54, 1.807) is 7.05 Å². The summed E-state index contributed by atoms with van der Waals surface area (Å²) in [6.07, 6.45) is 21.9. The van der Waals surface area contributed by atoms with Crippen LogP contribution in [0.5, 0.6) is 0 Å². The Balaban J connectivity index is 1.55. The van der Waals surface area contributed by atoms with Crippen molar-refractivity contribution in [3.8, 4) is 11.1 Å². The van der Waals surface area contributed by atoms with Crippen molar-refractivity contribution in [3.63, 3.8) is 0 Å². The van der Waals surface area contributed by atoms with Crippen LogP contribution in [0.25, 0.3) is 17.2 Å². The Bertz CT molecular complexity index is 1890. The van der Waals surface area contributed by atoms with Crippen molar-refractivity contribution >= 4 is 18.2 Å². The summed E-state index contributed by atoms with van der Waals surface area (Å²) in [5, 5.41) is 18.5. The summed E-state index contributed by atoms with van der Waals surface area (Å²) in [4.78, 5) is 14.8. The maximum absolute atomic E-state index is 13.9. The lowest BCUT2D eigenvalue weighted by molar-refractivity contribution is -0.920. The molecule has 5 aliphatic rings. The van der Waals surface area contributed by atoms with E-state index < -0.39 is 11.0 Å². The molecule has 1 amide bonds. The molecule has 0 saturated heterocycles. The van der Waals surface area contributed by atoms with Gasteiger partial charge in [-0.1, -0.05) is 95.3 Å². The van der Waals surface area contributed by atoms with Gasteiger partial charge in [0.2, 0.25) is 0 Å². The van der Waals surface area contributed by atoms with Gasteiger partial charge in [0.25, 0.3) is 5.91 Å². The molecule has 1 aliphatic heterocycles. The summed E-state index contributed by atoms with van der Waals surface area (Å²) in [7, 11) is 1.79. The van der Waals surface area contributed by atoms with E-state index in [-0.39, 0.29) is 17.1 Å². The van der Waals surface area contributed by atoms with Gasteiger partial charge in [-0.15, -0.1) is 0 Å². The summed E-state index contributed by atoms with van der Waals surface area (Å²) in [5.74, 6) is 0.585. The highest BCUT2D eigenvalue weighted by molar-refractivity contribution is 5.86. The number of hydrazone groups is 1. The highest BCUT2D eigenvalue weighted by Crippen LogP contribution is 2.50. The van der Waals surface area contributed by atoms with E-state index >= 15 is 0 Å². The summed E-state index contributed by atoms with van der Waals surface area (Å²) in [6, 6.07) is 9.00. The summed E-state index contributed by atoms with van der Waals surface area (Å²) in [6.45, 7) is 22.9. The molecule has 0 saturated carbocycles. The van der Waals surface area contributed by atoms with Gasteiger partial charge < -0.3 is 14.8 Å².